The molecule has 1 aliphatic carbocycles. The number of rotatable bonds is 4. The summed E-state index contributed by atoms with van der Waals surface area (Å²) < 4.78 is 19.2. The molecule has 0 unspecified atom stereocenters. The fraction of sp³-hybridized carbons (Fsp3) is 0.375. The van der Waals surface area contributed by atoms with Crippen LogP contribution in [0, 0.1) is 18.7 Å². The normalized spacial score (nSPS) is 14.2. The van der Waals surface area contributed by atoms with E-state index in [0.29, 0.717) is 18.2 Å². The predicted octanol–water partition coefficient (Wildman–Crippen LogP) is 3.92. The molecule has 1 heterocycles. The lowest BCUT2D eigenvalue weighted by Gasteiger charge is -2.17. The average Bonchev–Trinajstić information content (AvgIpc) is 3.20. The maximum atomic E-state index is 14.1. The maximum absolute atomic E-state index is 14.1. The minimum atomic E-state index is -0.528. The number of amides is 1. The Balaban J connectivity index is 2.02. The number of hydrogen-bond acceptors (Lipinski definition) is 3. The summed E-state index contributed by atoms with van der Waals surface area (Å²) >= 11 is 6.08. The minimum Gasteiger partial charge on any atom is -0.360 e. The Morgan fingerprint density at radius 3 is 2.86 bits per heavy atom. The maximum Gasteiger partial charge on any atom is 0.259 e. The molecule has 4 nitrogen and oxygen atoms in total. The first-order valence-electron chi connectivity index (χ1n) is 7.15. The second-order valence-electron chi connectivity index (χ2n) is 5.69. The average molecular weight is 323 g/mol. The summed E-state index contributed by atoms with van der Waals surface area (Å²) in [4.78, 5) is 14.3. The van der Waals surface area contributed by atoms with Crippen molar-refractivity contribution in [3.8, 4) is 11.3 Å². The van der Waals surface area contributed by atoms with Gasteiger partial charge in [0.25, 0.3) is 5.91 Å². The standard InChI is InChI=1S/C16H16ClFN2O2/c1-9-13(16(21)20(2)8-10-6-7-10)15(19-22-9)14-11(17)4-3-5-12(14)18/h3-5,10H,6-8H2,1-2H3. The van der Waals surface area contributed by atoms with E-state index in [-0.39, 0.29) is 27.8 Å². The van der Waals surface area contributed by atoms with E-state index in [1.54, 1.807) is 24.9 Å². The third kappa shape index (κ3) is 2.73. The van der Waals surface area contributed by atoms with E-state index in [4.69, 9.17) is 16.1 Å². The fourth-order valence-electron chi connectivity index (χ4n) is 2.48. The predicted molar refractivity (Wildman–Crippen MR) is 81.3 cm³/mol. The zero-order valence-corrected chi connectivity index (χ0v) is 13.2. The van der Waals surface area contributed by atoms with Crippen LogP contribution in [0.4, 0.5) is 4.39 Å². The number of aromatic nitrogens is 1. The van der Waals surface area contributed by atoms with Gasteiger partial charge in [-0.1, -0.05) is 22.8 Å². The molecule has 0 spiro atoms. The van der Waals surface area contributed by atoms with Crippen molar-refractivity contribution >= 4 is 17.5 Å². The number of aryl methyl sites for hydroxylation is 1. The first kappa shape index (κ1) is 15.0. The van der Waals surface area contributed by atoms with E-state index >= 15 is 0 Å². The summed E-state index contributed by atoms with van der Waals surface area (Å²) in [7, 11) is 1.74. The van der Waals surface area contributed by atoms with Crippen molar-refractivity contribution in [2.45, 2.75) is 19.8 Å². The van der Waals surface area contributed by atoms with Gasteiger partial charge in [0.2, 0.25) is 0 Å². The van der Waals surface area contributed by atoms with Crippen LogP contribution in [-0.2, 0) is 0 Å². The van der Waals surface area contributed by atoms with E-state index in [1.807, 2.05) is 0 Å². The van der Waals surface area contributed by atoms with Crippen LogP contribution in [-0.4, -0.2) is 29.6 Å². The Morgan fingerprint density at radius 2 is 2.23 bits per heavy atom. The summed E-state index contributed by atoms with van der Waals surface area (Å²) in [6.45, 7) is 2.33. The lowest BCUT2D eigenvalue weighted by molar-refractivity contribution is 0.0787. The molecule has 1 amide bonds. The van der Waals surface area contributed by atoms with Gasteiger partial charge < -0.3 is 9.42 Å². The fourth-order valence-corrected chi connectivity index (χ4v) is 2.73. The lowest BCUT2D eigenvalue weighted by Crippen LogP contribution is -2.29. The van der Waals surface area contributed by atoms with Gasteiger partial charge in [-0.3, -0.25) is 4.79 Å². The second-order valence-corrected chi connectivity index (χ2v) is 6.10. The molecule has 0 saturated heterocycles. The van der Waals surface area contributed by atoms with Crippen LogP contribution in [0.5, 0.6) is 0 Å². The highest BCUT2D eigenvalue weighted by atomic mass is 35.5. The van der Waals surface area contributed by atoms with Gasteiger partial charge in [-0.2, -0.15) is 0 Å². The molecule has 6 heteroatoms. The second kappa shape index (κ2) is 5.72. The molecular weight excluding hydrogens is 307 g/mol. The first-order valence-corrected chi connectivity index (χ1v) is 7.53. The summed E-state index contributed by atoms with van der Waals surface area (Å²) in [5.41, 5.74) is 0.535. The quantitative estimate of drug-likeness (QED) is 0.857. The molecule has 0 radical (unpaired) electrons. The molecule has 1 fully saturated rings. The van der Waals surface area contributed by atoms with Crippen molar-refractivity contribution in [3.05, 3.63) is 40.4 Å². The summed E-state index contributed by atoms with van der Waals surface area (Å²) in [5.74, 6) is 0.177. The zero-order valence-electron chi connectivity index (χ0n) is 12.4. The lowest BCUT2D eigenvalue weighted by atomic mass is 10.0. The molecule has 0 atom stereocenters. The van der Waals surface area contributed by atoms with Gasteiger partial charge in [0.1, 0.15) is 22.8 Å². The molecular formula is C16H16ClFN2O2. The Hall–Kier alpha value is -1.88. The molecule has 3 rings (SSSR count). The molecule has 1 aromatic heterocycles. The summed E-state index contributed by atoms with van der Waals surface area (Å²) in [6, 6.07) is 4.36. The molecule has 1 saturated carbocycles. The van der Waals surface area contributed by atoms with E-state index in [9.17, 15) is 9.18 Å². The highest BCUT2D eigenvalue weighted by Gasteiger charge is 2.30. The smallest absolute Gasteiger partial charge is 0.259 e. The third-order valence-electron chi connectivity index (χ3n) is 3.85. The van der Waals surface area contributed by atoms with Gasteiger partial charge in [-0.25, -0.2) is 4.39 Å². The first-order chi connectivity index (χ1) is 10.5. The number of carbonyl (C=O) groups is 1. The van der Waals surface area contributed by atoms with E-state index in [1.165, 1.54) is 12.1 Å². The van der Waals surface area contributed by atoms with Crippen LogP contribution in [0.15, 0.2) is 22.7 Å². The Morgan fingerprint density at radius 1 is 1.50 bits per heavy atom. The Bertz CT molecular complexity index is 705. The van der Waals surface area contributed by atoms with Gasteiger partial charge in [0.15, 0.2) is 0 Å². The van der Waals surface area contributed by atoms with Gasteiger partial charge in [0, 0.05) is 13.6 Å². The number of hydrogen-bond donors (Lipinski definition) is 0. The van der Waals surface area contributed by atoms with Crippen LogP contribution < -0.4 is 0 Å². The number of halogens is 2. The van der Waals surface area contributed by atoms with Gasteiger partial charge in [0.05, 0.1) is 10.6 Å². The Labute approximate surface area is 132 Å². The largest absolute Gasteiger partial charge is 0.360 e. The van der Waals surface area contributed by atoms with Crippen molar-refractivity contribution < 1.29 is 13.7 Å². The van der Waals surface area contributed by atoms with E-state index < -0.39 is 5.82 Å². The molecule has 1 aliphatic rings. The van der Waals surface area contributed by atoms with Gasteiger partial charge in [-0.15, -0.1) is 0 Å². The van der Waals surface area contributed by atoms with Gasteiger partial charge >= 0.3 is 0 Å². The van der Waals surface area contributed by atoms with Crippen LogP contribution in [0.25, 0.3) is 11.3 Å². The van der Waals surface area contributed by atoms with Crippen molar-refractivity contribution in [3.63, 3.8) is 0 Å². The zero-order chi connectivity index (χ0) is 15.9. The van der Waals surface area contributed by atoms with Crippen LogP contribution in [0.3, 0.4) is 0 Å². The SMILES string of the molecule is Cc1onc(-c2c(F)cccc2Cl)c1C(=O)N(C)CC1CC1. The van der Waals surface area contributed by atoms with Crippen molar-refractivity contribution in [1.82, 2.24) is 10.1 Å². The summed E-state index contributed by atoms with van der Waals surface area (Å²) in [6.07, 6.45) is 2.29. The molecule has 0 N–H and O–H groups in total. The Kier molecular flexibility index (Phi) is 3.91. The highest BCUT2D eigenvalue weighted by molar-refractivity contribution is 6.33. The van der Waals surface area contributed by atoms with Crippen molar-refractivity contribution in [1.29, 1.82) is 0 Å². The third-order valence-corrected chi connectivity index (χ3v) is 4.17. The van der Waals surface area contributed by atoms with Crippen LogP contribution in [0.2, 0.25) is 5.02 Å². The van der Waals surface area contributed by atoms with Crippen LogP contribution in [0.1, 0.15) is 29.0 Å². The number of carbonyl (C=O) groups excluding carboxylic acids is 1. The van der Waals surface area contributed by atoms with Gasteiger partial charge in [-0.05, 0) is 37.8 Å². The monoisotopic (exact) mass is 322 g/mol. The van der Waals surface area contributed by atoms with E-state index in [2.05, 4.69) is 5.16 Å². The van der Waals surface area contributed by atoms with Crippen LogP contribution >= 0.6 is 11.6 Å². The number of benzene rings is 1. The highest BCUT2D eigenvalue weighted by Crippen LogP contribution is 2.35. The molecule has 22 heavy (non-hydrogen) atoms. The topological polar surface area (TPSA) is 46.3 Å². The number of nitrogens with zero attached hydrogens (tertiary/aromatic N) is 2. The molecule has 0 aliphatic heterocycles. The minimum absolute atomic E-state index is 0.101. The molecule has 0 bridgehead atoms. The molecule has 1 aromatic carbocycles. The van der Waals surface area contributed by atoms with Crippen molar-refractivity contribution in [2.24, 2.45) is 5.92 Å². The van der Waals surface area contributed by atoms with Crippen molar-refractivity contribution in [2.75, 3.05) is 13.6 Å². The molecule has 116 valence electrons. The van der Waals surface area contributed by atoms with E-state index in [0.717, 1.165) is 12.8 Å². The molecule has 2 aromatic rings. The summed E-state index contributed by atoms with van der Waals surface area (Å²) in [5, 5.41) is 4.06.